The van der Waals surface area contributed by atoms with Gasteiger partial charge in [0.05, 0.1) is 12.7 Å². The third-order valence-corrected chi connectivity index (χ3v) is 2.80. The fourth-order valence-electron chi connectivity index (χ4n) is 1.07. The first-order valence-electron chi connectivity index (χ1n) is 4.80. The Hall–Kier alpha value is -0.120. The average Bonchev–Trinajstić information content (AvgIpc) is 2.01. The highest BCUT2D eigenvalue weighted by molar-refractivity contribution is 4.79. The molecule has 2 N–H and O–H groups in total. The van der Waals surface area contributed by atoms with E-state index < -0.39 is 0 Å². The molecule has 13 heavy (non-hydrogen) atoms. The first kappa shape index (κ1) is 12.9. The lowest BCUT2D eigenvalue weighted by Crippen LogP contribution is -2.43. The molecule has 0 amide bonds. The molecule has 2 unspecified atom stereocenters. The van der Waals surface area contributed by atoms with E-state index in [4.69, 9.17) is 5.11 Å². The highest BCUT2D eigenvalue weighted by Gasteiger charge is 2.26. The fraction of sp³-hybridized carbons (Fsp3) is 1.00. The lowest BCUT2D eigenvalue weighted by Gasteiger charge is -2.35. The maximum atomic E-state index is 9.49. The van der Waals surface area contributed by atoms with E-state index in [9.17, 15) is 5.11 Å². The van der Waals surface area contributed by atoms with Crippen LogP contribution in [-0.4, -0.2) is 47.5 Å². The van der Waals surface area contributed by atoms with Crippen LogP contribution in [-0.2, 0) is 0 Å². The Bertz CT molecular complexity index is 146. The van der Waals surface area contributed by atoms with Crippen molar-refractivity contribution in [3.05, 3.63) is 0 Å². The van der Waals surface area contributed by atoms with Crippen LogP contribution in [0.5, 0.6) is 0 Å². The summed E-state index contributed by atoms with van der Waals surface area (Å²) in [5.41, 5.74) is -0.127. The minimum absolute atomic E-state index is 0.127. The summed E-state index contributed by atoms with van der Waals surface area (Å²) in [6.45, 7) is 8.77. The maximum absolute atomic E-state index is 9.49. The summed E-state index contributed by atoms with van der Waals surface area (Å²) in [5, 5.41) is 18.4. The molecular formula is C10H23NO2. The van der Waals surface area contributed by atoms with Crippen molar-refractivity contribution in [2.45, 2.75) is 39.8 Å². The molecule has 0 heterocycles. The van der Waals surface area contributed by atoms with Crippen molar-refractivity contribution < 1.29 is 10.2 Å². The summed E-state index contributed by atoms with van der Waals surface area (Å²) in [6, 6.07) is 0.151. The lowest BCUT2D eigenvalue weighted by atomic mass is 9.87. The lowest BCUT2D eigenvalue weighted by molar-refractivity contribution is 0.0249. The number of likely N-dealkylation sites (N-methyl/N-ethyl adjacent to an activating group) is 1. The van der Waals surface area contributed by atoms with E-state index >= 15 is 0 Å². The van der Waals surface area contributed by atoms with Gasteiger partial charge in [0.25, 0.3) is 0 Å². The highest BCUT2D eigenvalue weighted by Crippen LogP contribution is 2.21. The Balaban J connectivity index is 4.11. The average molecular weight is 189 g/mol. The Morgan fingerprint density at radius 1 is 1.31 bits per heavy atom. The van der Waals surface area contributed by atoms with Gasteiger partial charge in [0.2, 0.25) is 0 Å². The third kappa shape index (κ3) is 4.07. The van der Waals surface area contributed by atoms with E-state index in [1.807, 2.05) is 27.8 Å². The van der Waals surface area contributed by atoms with Crippen LogP contribution in [0.1, 0.15) is 27.7 Å². The van der Waals surface area contributed by atoms with Crippen molar-refractivity contribution in [3.8, 4) is 0 Å². The maximum Gasteiger partial charge on any atom is 0.0584 e. The summed E-state index contributed by atoms with van der Waals surface area (Å²) < 4.78 is 0. The normalized spacial score (nSPS) is 17.5. The Labute approximate surface area is 81.4 Å². The van der Waals surface area contributed by atoms with Gasteiger partial charge in [-0.15, -0.1) is 0 Å². The zero-order chi connectivity index (χ0) is 10.6. The molecule has 0 saturated carbocycles. The number of rotatable bonds is 5. The van der Waals surface area contributed by atoms with Gasteiger partial charge in [-0.3, -0.25) is 0 Å². The zero-order valence-electron chi connectivity index (χ0n) is 9.41. The number of hydrogen-bond acceptors (Lipinski definition) is 3. The second-order valence-corrected chi connectivity index (χ2v) is 4.61. The Morgan fingerprint density at radius 3 is 2.08 bits per heavy atom. The van der Waals surface area contributed by atoms with Crippen LogP contribution in [0.2, 0.25) is 0 Å². The van der Waals surface area contributed by atoms with Gasteiger partial charge in [0, 0.05) is 18.0 Å². The topological polar surface area (TPSA) is 43.7 Å². The van der Waals surface area contributed by atoms with E-state index in [2.05, 4.69) is 4.90 Å². The summed E-state index contributed by atoms with van der Waals surface area (Å²) in [7, 11) is 1.96. The van der Waals surface area contributed by atoms with Crippen LogP contribution in [0.4, 0.5) is 0 Å². The first-order chi connectivity index (χ1) is 5.81. The van der Waals surface area contributed by atoms with Gasteiger partial charge in [-0.1, -0.05) is 13.8 Å². The molecular weight excluding hydrogens is 166 g/mol. The summed E-state index contributed by atoms with van der Waals surface area (Å²) in [5.74, 6) is 0. The molecule has 0 rings (SSSR count). The van der Waals surface area contributed by atoms with Gasteiger partial charge in [-0.05, 0) is 20.9 Å². The van der Waals surface area contributed by atoms with Gasteiger partial charge >= 0.3 is 0 Å². The number of nitrogens with zero attached hydrogens (tertiary/aromatic N) is 1. The van der Waals surface area contributed by atoms with Crippen molar-refractivity contribution in [2.24, 2.45) is 5.41 Å². The second kappa shape index (κ2) is 4.94. The van der Waals surface area contributed by atoms with Gasteiger partial charge < -0.3 is 15.1 Å². The van der Waals surface area contributed by atoms with E-state index in [1.165, 1.54) is 0 Å². The molecule has 80 valence electrons. The molecule has 0 aromatic carbocycles. The molecule has 2 atom stereocenters. The summed E-state index contributed by atoms with van der Waals surface area (Å²) in [6.07, 6.45) is -0.333. The molecule has 0 spiro atoms. The van der Waals surface area contributed by atoms with Crippen LogP contribution >= 0.6 is 0 Å². The smallest absolute Gasteiger partial charge is 0.0584 e. The molecule has 0 radical (unpaired) electrons. The van der Waals surface area contributed by atoms with Crippen LogP contribution in [0.3, 0.4) is 0 Å². The number of aliphatic hydroxyl groups excluding tert-OH is 2. The van der Waals surface area contributed by atoms with Crippen molar-refractivity contribution >= 4 is 0 Å². The van der Waals surface area contributed by atoms with Gasteiger partial charge in [0.1, 0.15) is 0 Å². The SMILES string of the molecule is CC(CO)N(C)CC(C)(C)C(C)O. The fourth-order valence-corrected chi connectivity index (χ4v) is 1.07. The van der Waals surface area contributed by atoms with Crippen molar-refractivity contribution in [2.75, 3.05) is 20.2 Å². The molecule has 0 aromatic heterocycles. The van der Waals surface area contributed by atoms with E-state index in [1.54, 1.807) is 6.92 Å². The van der Waals surface area contributed by atoms with Gasteiger partial charge in [-0.25, -0.2) is 0 Å². The number of hydrogen-bond donors (Lipinski definition) is 2. The van der Waals surface area contributed by atoms with Crippen molar-refractivity contribution in [3.63, 3.8) is 0 Å². The second-order valence-electron chi connectivity index (χ2n) is 4.61. The van der Waals surface area contributed by atoms with Crippen LogP contribution in [0.15, 0.2) is 0 Å². The summed E-state index contributed by atoms with van der Waals surface area (Å²) in [4.78, 5) is 2.06. The molecule has 0 bridgehead atoms. The van der Waals surface area contributed by atoms with Crippen LogP contribution in [0.25, 0.3) is 0 Å². The van der Waals surface area contributed by atoms with Gasteiger partial charge in [0.15, 0.2) is 0 Å². The van der Waals surface area contributed by atoms with Crippen LogP contribution in [0, 0.1) is 5.41 Å². The molecule has 0 fully saturated rings. The molecule has 0 aliphatic rings. The molecule has 0 aliphatic carbocycles. The molecule has 3 heteroatoms. The van der Waals surface area contributed by atoms with Crippen LogP contribution < -0.4 is 0 Å². The summed E-state index contributed by atoms with van der Waals surface area (Å²) >= 11 is 0. The highest BCUT2D eigenvalue weighted by atomic mass is 16.3. The number of aliphatic hydroxyl groups is 2. The Morgan fingerprint density at radius 2 is 1.77 bits per heavy atom. The first-order valence-corrected chi connectivity index (χ1v) is 4.80. The molecule has 0 saturated heterocycles. The largest absolute Gasteiger partial charge is 0.395 e. The monoisotopic (exact) mass is 189 g/mol. The minimum Gasteiger partial charge on any atom is -0.395 e. The van der Waals surface area contributed by atoms with E-state index in [0.717, 1.165) is 6.54 Å². The predicted octanol–water partition coefficient (Wildman–Crippen LogP) is 0.706. The van der Waals surface area contributed by atoms with E-state index in [0.29, 0.717) is 0 Å². The van der Waals surface area contributed by atoms with Crippen molar-refractivity contribution in [1.82, 2.24) is 4.90 Å². The molecule has 0 aromatic rings. The third-order valence-electron chi connectivity index (χ3n) is 2.80. The minimum atomic E-state index is -0.333. The molecule has 3 nitrogen and oxygen atoms in total. The quantitative estimate of drug-likeness (QED) is 0.669. The standard InChI is InChI=1S/C10H23NO2/c1-8(6-12)11(5)7-10(3,4)9(2)13/h8-9,12-13H,6-7H2,1-5H3. The van der Waals surface area contributed by atoms with Gasteiger partial charge in [-0.2, -0.15) is 0 Å². The predicted molar refractivity (Wildman–Crippen MR) is 54.6 cm³/mol. The van der Waals surface area contributed by atoms with E-state index in [-0.39, 0.29) is 24.2 Å². The van der Waals surface area contributed by atoms with Crippen molar-refractivity contribution in [1.29, 1.82) is 0 Å². The zero-order valence-corrected chi connectivity index (χ0v) is 9.41. The molecule has 0 aliphatic heterocycles. The Kier molecular flexibility index (Phi) is 4.89.